The van der Waals surface area contributed by atoms with Crippen LogP contribution in [0.15, 0.2) is 0 Å². The first-order valence-electron chi connectivity index (χ1n) is 8.88. The summed E-state index contributed by atoms with van der Waals surface area (Å²) >= 11 is 2.02. The van der Waals surface area contributed by atoms with Gasteiger partial charge in [0.2, 0.25) is 0 Å². The minimum absolute atomic E-state index is 0.183. The number of rotatable bonds is 4. The molecule has 1 aromatic heterocycles. The molecule has 2 aliphatic carbocycles. The van der Waals surface area contributed by atoms with Crippen LogP contribution in [0, 0.1) is 11.8 Å². The highest BCUT2D eigenvalue weighted by atomic mass is 32.1. The number of hydrogen-bond donors (Lipinski definition) is 1. The molecule has 2 nitrogen and oxygen atoms in total. The predicted octanol–water partition coefficient (Wildman–Crippen LogP) is 4.67. The van der Waals surface area contributed by atoms with E-state index in [2.05, 4.69) is 26.1 Å². The molecule has 3 heteroatoms. The molecule has 0 saturated heterocycles. The smallest absolute Gasteiger partial charge is 0.113 e. The molecular weight excluding hydrogens is 276 g/mol. The molecule has 1 aromatic rings. The quantitative estimate of drug-likeness (QED) is 0.874. The van der Waals surface area contributed by atoms with E-state index in [1.165, 1.54) is 62.1 Å². The summed E-state index contributed by atoms with van der Waals surface area (Å²) in [5.74, 6) is 1.74. The van der Waals surface area contributed by atoms with Gasteiger partial charge in [-0.1, -0.05) is 20.8 Å². The Morgan fingerprint density at radius 1 is 1.24 bits per heavy atom. The maximum atomic E-state index is 5.09. The van der Waals surface area contributed by atoms with E-state index in [9.17, 15) is 0 Å². The molecule has 21 heavy (non-hydrogen) atoms. The van der Waals surface area contributed by atoms with Crippen LogP contribution >= 0.6 is 11.3 Å². The van der Waals surface area contributed by atoms with Crippen molar-refractivity contribution in [1.82, 2.24) is 10.3 Å². The second-order valence-corrected chi connectivity index (χ2v) is 8.37. The fourth-order valence-electron chi connectivity index (χ4n) is 4.16. The molecular formula is C18H30N2S. The van der Waals surface area contributed by atoms with Crippen LogP contribution in [0.4, 0.5) is 0 Å². The average Bonchev–Trinajstić information content (AvgIpc) is 2.92. The van der Waals surface area contributed by atoms with Crippen LogP contribution in [0.25, 0.3) is 0 Å². The van der Waals surface area contributed by atoms with Gasteiger partial charge in [-0.05, 0) is 69.7 Å². The Kier molecular flexibility index (Phi) is 4.70. The highest BCUT2D eigenvalue weighted by molar-refractivity contribution is 7.11. The molecule has 1 heterocycles. The monoisotopic (exact) mass is 306 g/mol. The first-order valence-corrected chi connectivity index (χ1v) is 9.70. The van der Waals surface area contributed by atoms with Crippen molar-refractivity contribution >= 4 is 11.3 Å². The summed E-state index contributed by atoms with van der Waals surface area (Å²) in [6.07, 6.45) is 10.4. The van der Waals surface area contributed by atoms with Gasteiger partial charge >= 0.3 is 0 Å². The molecule has 0 radical (unpaired) electrons. The first kappa shape index (κ1) is 15.5. The second kappa shape index (κ2) is 6.37. The van der Waals surface area contributed by atoms with Gasteiger partial charge in [-0.3, -0.25) is 0 Å². The van der Waals surface area contributed by atoms with Crippen LogP contribution in [0.3, 0.4) is 0 Å². The predicted molar refractivity (Wildman–Crippen MR) is 90.9 cm³/mol. The summed E-state index contributed by atoms with van der Waals surface area (Å²) in [5.41, 5.74) is 1.60. The Hall–Kier alpha value is -0.410. The van der Waals surface area contributed by atoms with Crippen LogP contribution in [-0.2, 0) is 18.4 Å². The molecule has 3 rings (SSSR count). The van der Waals surface area contributed by atoms with Gasteiger partial charge in [0.25, 0.3) is 0 Å². The lowest BCUT2D eigenvalue weighted by molar-refractivity contribution is 0.162. The van der Waals surface area contributed by atoms with E-state index in [-0.39, 0.29) is 5.54 Å². The molecule has 118 valence electrons. The zero-order valence-corrected chi connectivity index (χ0v) is 14.7. The van der Waals surface area contributed by atoms with Gasteiger partial charge in [0.05, 0.1) is 11.2 Å². The summed E-state index contributed by atoms with van der Waals surface area (Å²) < 4.78 is 0. The van der Waals surface area contributed by atoms with Crippen molar-refractivity contribution in [2.75, 3.05) is 6.54 Å². The van der Waals surface area contributed by atoms with Crippen molar-refractivity contribution in [1.29, 1.82) is 0 Å². The minimum atomic E-state index is 0.183. The van der Waals surface area contributed by atoms with Gasteiger partial charge in [0.15, 0.2) is 0 Å². The Bertz CT molecular complexity index is 446. The maximum absolute atomic E-state index is 5.09. The number of aromatic nitrogens is 1. The van der Waals surface area contributed by atoms with Crippen molar-refractivity contribution < 1.29 is 0 Å². The second-order valence-electron chi connectivity index (χ2n) is 7.29. The van der Waals surface area contributed by atoms with Crippen LogP contribution in [0.2, 0.25) is 0 Å². The normalized spacial score (nSPS) is 29.6. The highest BCUT2D eigenvalue weighted by Crippen LogP contribution is 2.44. The van der Waals surface area contributed by atoms with Crippen LogP contribution in [-0.4, -0.2) is 11.5 Å². The third-order valence-electron chi connectivity index (χ3n) is 5.60. The summed E-state index contributed by atoms with van der Waals surface area (Å²) in [4.78, 5) is 6.67. The van der Waals surface area contributed by atoms with E-state index in [1.807, 2.05) is 11.3 Å². The molecule has 0 aliphatic heterocycles. The molecule has 2 aliphatic rings. The summed E-state index contributed by atoms with van der Waals surface area (Å²) in [7, 11) is 0. The van der Waals surface area contributed by atoms with Crippen molar-refractivity contribution in [2.45, 2.75) is 77.7 Å². The summed E-state index contributed by atoms with van der Waals surface area (Å²) in [6.45, 7) is 8.06. The maximum Gasteiger partial charge on any atom is 0.113 e. The number of fused-ring (bicyclic) bond motifs is 1. The van der Waals surface area contributed by atoms with Crippen molar-refractivity contribution in [3.63, 3.8) is 0 Å². The third-order valence-corrected chi connectivity index (χ3v) is 6.96. The molecule has 0 bridgehead atoms. The van der Waals surface area contributed by atoms with Crippen molar-refractivity contribution in [2.24, 2.45) is 11.8 Å². The first-order chi connectivity index (χ1) is 10.1. The Labute approximate surface area is 133 Å². The van der Waals surface area contributed by atoms with Crippen molar-refractivity contribution in [3.8, 4) is 0 Å². The number of hydrogen-bond acceptors (Lipinski definition) is 3. The summed E-state index contributed by atoms with van der Waals surface area (Å²) in [5, 5.41) is 5.23. The minimum Gasteiger partial charge on any atom is -0.306 e. The molecule has 1 N–H and O–H groups in total. The van der Waals surface area contributed by atoms with Gasteiger partial charge in [0.1, 0.15) is 5.01 Å². The van der Waals surface area contributed by atoms with Crippen molar-refractivity contribution in [3.05, 3.63) is 15.6 Å². The van der Waals surface area contributed by atoms with E-state index < -0.39 is 0 Å². The molecule has 1 fully saturated rings. The van der Waals surface area contributed by atoms with Gasteiger partial charge < -0.3 is 5.32 Å². The number of nitrogens with one attached hydrogen (secondary N) is 1. The SMILES string of the molecule is CCNC1(c2nc3c(s2)CCCC3)CCC(C(C)C)CC1. The van der Waals surface area contributed by atoms with E-state index in [0.29, 0.717) is 0 Å². The lowest BCUT2D eigenvalue weighted by atomic mass is 9.73. The average molecular weight is 307 g/mol. The van der Waals surface area contributed by atoms with E-state index in [1.54, 1.807) is 4.88 Å². The Balaban J connectivity index is 1.83. The van der Waals surface area contributed by atoms with E-state index >= 15 is 0 Å². The largest absolute Gasteiger partial charge is 0.306 e. The van der Waals surface area contributed by atoms with Crippen LogP contribution in [0.5, 0.6) is 0 Å². The van der Waals surface area contributed by atoms with Crippen LogP contribution in [0.1, 0.15) is 74.9 Å². The van der Waals surface area contributed by atoms with E-state index in [4.69, 9.17) is 4.98 Å². The van der Waals surface area contributed by atoms with Gasteiger partial charge in [-0.25, -0.2) is 4.98 Å². The molecule has 0 spiro atoms. The number of thiazole rings is 1. The summed E-state index contributed by atoms with van der Waals surface area (Å²) in [6, 6.07) is 0. The third kappa shape index (κ3) is 3.05. The van der Waals surface area contributed by atoms with E-state index in [0.717, 1.165) is 18.4 Å². The highest BCUT2D eigenvalue weighted by Gasteiger charge is 2.39. The number of nitrogens with zero attached hydrogens (tertiary/aromatic N) is 1. The molecule has 0 aromatic carbocycles. The molecule has 1 saturated carbocycles. The molecule has 0 amide bonds. The number of aryl methyl sites for hydroxylation is 2. The van der Waals surface area contributed by atoms with Gasteiger partial charge in [0, 0.05) is 4.88 Å². The molecule has 0 atom stereocenters. The Morgan fingerprint density at radius 3 is 2.57 bits per heavy atom. The zero-order chi connectivity index (χ0) is 14.9. The topological polar surface area (TPSA) is 24.9 Å². The fraction of sp³-hybridized carbons (Fsp3) is 0.833. The van der Waals surface area contributed by atoms with Gasteiger partial charge in [-0.15, -0.1) is 11.3 Å². The zero-order valence-electron chi connectivity index (χ0n) is 13.9. The molecule has 0 unspecified atom stereocenters. The standard InChI is InChI=1S/C18H30N2S/c1-4-19-18(11-9-14(10-12-18)13(2)3)17-20-15-7-5-6-8-16(15)21-17/h13-14,19H,4-12H2,1-3H3. The Morgan fingerprint density at radius 2 is 1.95 bits per heavy atom. The lowest BCUT2D eigenvalue weighted by Gasteiger charge is -2.40. The van der Waals surface area contributed by atoms with Crippen LogP contribution < -0.4 is 5.32 Å². The lowest BCUT2D eigenvalue weighted by Crippen LogP contribution is -2.45. The van der Waals surface area contributed by atoms with Gasteiger partial charge in [-0.2, -0.15) is 0 Å². The fourth-order valence-corrected chi connectivity index (χ4v) is 5.53.